The summed E-state index contributed by atoms with van der Waals surface area (Å²) in [5.41, 5.74) is 2.72. The maximum atomic E-state index is 13.7. The molecule has 1 aliphatic carbocycles. The zero-order valence-electron chi connectivity index (χ0n) is 26.4. The predicted octanol–water partition coefficient (Wildman–Crippen LogP) is 3.61. The molecule has 43 heavy (non-hydrogen) atoms. The van der Waals surface area contributed by atoms with E-state index >= 15 is 0 Å². The fraction of sp³-hybridized carbons (Fsp3) is 0.500. The van der Waals surface area contributed by atoms with Gasteiger partial charge in [0.2, 0.25) is 23.0 Å². The number of anilines is 1. The van der Waals surface area contributed by atoms with E-state index in [4.69, 9.17) is 18.9 Å². The molecule has 0 radical (unpaired) electrons. The summed E-state index contributed by atoms with van der Waals surface area (Å²) in [6.07, 6.45) is 1.09. The van der Waals surface area contributed by atoms with Crippen molar-refractivity contribution in [3.8, 4) is 28.4 Å². The average molecular weight is 598 g/mol. The molecule has 0 bridgehead atoms. The van der Waals surface area contributed by atoms with Gasteiger partial charge in [-0.15, -0.1) is 0 Å². The molecule has 0 heterocycles. The van der Waals surface area contributed by atoms with Crippen LogP contribution in [0.2, 0.25) is 0 Å². The van der Waals surface area contributed by atoms with Gasteiger partial charge in [-0.3, -0.25) is 14.4 Å². The van der Waals surface area contributed by atoms with Crippen LogP contribution in [0.15, 0.2) is 29.1 Å². The van der Waals surface area contributed by atoms with Gasteiger partial charge >= 0.3 is 5.97 Å². The van der Waals surface area contributed by atoms with E-state index in [9.17, 15) is 19.2 Å². The van der Waals surface area contributed by atoms with Crippen molar-refractivity contribution in [2.75, 3.05) is 33.8 Å². The van der Waals surface area contributed by atoms with Crippen LogP contribution >= 0.6 is 0 Å². The summed E-state index contributed by atoms with van der Waals surface area (Å²) in [5, 5.41) is 8.87. The number of carbonyl (C=O) groups is 3. The largest absolute Gasteiger partial charge is 0.493 e. The highest BCUT2D eigenvalue weighted by Gasteiger charge is 2.32. The number of nitrogens with one attached hydrogen (secondary N) is 3. The van der Waals surface area contributed by atoms with E-state index in [1.165, 1.54) is 34.3 Å². The Hall–Kier alpha value is -4.28. The van der Waals surface area contributed by atoms with Gasteiger partial charge in [-0.25, -0.2) is 4.79 Å². The summed E-state index contributed by atoms with van der Waals surface area (Å²) >= 11 is 0. The van der Waals surface area contributed by atoms with Gasteiger partial charge in [-0.05, 0) is 59.6 Å². The third-order valence-corrected chi connectivity index (χ3v) is 7.60. The molecule has 2 amide bonds. The quantitative estimate of drug-likeness (QED) is 0.331. The average Bonchev–Trinajstić information content (AvgIpc) is 3.20. The van der Waals surface area contributed by atoms with Crippen LogP contribution in [0, 0.1) is 11.8 Å². The van der Waals surface area contributed by atoms with Crippen LogP contribution in [0.25, 0.3) is 11.1 Å². The number of methoxy groups -OCH3 is 4. The van der Waals surface area contributed by atoms with E-state index in [2.05, 4.69) is 16.0 Å². The molecule has 2 aromatic rings. The molecule has 0 unspecified atom stereocenters. The predicted molar refractivity (Wildman–Crippen MR) is 164 cm³/mol. The van der Waals surface area contributed by atoms with Crippen molar-refractivity contribution in [1.82, 2.24) is 10.6 Å². The van der Waals surface area contributed by atoms with Crippen molar-refractivity contribution in [1.29, 1.82) is 0 Å². The number of hydrogen-bond acceptors (Lipinski definition) is 9. The Kier molecular flexibility index (Phi) is 11.0. The number of amides is 2. The maximum Gasteiger partial charge on any atom is 0.328 e. The first kappa shape index (κ1) is 33.2. The molecule has 234 valence electrons. The Labute approximate surface area is 252 Å². The topological polar surface area (TPSA) is 141 Å². The lowest BCUT2D eigenvalue weighted by atomic mass is 9.95. The fourth-order valence-electron chi connectivity index (χ4n) is 5.40. The summed E-state index contributed by atoms with van der Waals surface area (Å²) in [6, 6.07) is 4.64. The molecular weight excluding hydrogens is 554 g/mol. The second-order valence-electron chi connectivity index (χ2n) is 11.2. The molecule has 0 aromatic heterocycles. The van der Waals surface area contributed by atoms with Crippen molar-refractivity contribution < 1.29 is 33.3 Å². The summed E-state index contributed by atoms with van der Waals surface area (Å²) in [4.78, 5) is 51.6. The van der Waals surface area contributed by atoms with E-state index in [0.717, 1.165) is 11.1 Å². The van der Waals surface area contributed by atoms with E-state index in [0.29, 0.717) is 41.2 Å². The minimum Gasteiger partial charge on any atom is -0.493 e. The number of hydrogen-bond donors (Lipinski definition) is 3. The molecule has 0 fully saturated rings. The molecule has 0 spiro atoms. The smallest absolute Gasteiger partial charge is 0.328 e. The van der Waals surface area contributed by atoms with Crippen LogP contribution in [0.4, 0.5) is 5.69 Å². The number of ether oxygens (including phenoxy) is 4. The van der Waals surface area contributed by atoms with Gasteiger partial charge in [0.15, 0.2) is 11.5 Å². The highest BCUT2D eigenvalue weighted by molar-refractivity contribution is 5.90. The summed E-state index contributed by atoms with van der Waals surface area (Å²) in [7, 11) is 5.88. The van der Waals surface area contributed by atoms with Crippen LogP contribution in [0.5, 0.6) is 17.2 Å². The Morgan fingerprint density at radius 2 is 1.53 bits per heavy atom. The normalized spacial score (nSPS) is 15.3. The highest BCUT2D eigenvalue weighted by atomic mass is 16.5. The minimum atomic E-state index is -0.843. The zero-order valence-corrected chi connectivity index (χ0v) is 26.4. The summed E-state index contributed by atoms with van der Waals surface area (Å²) in [6.45, 7) is 8.73. The molecule has 2 aromatic carbocycles. The molecule has 3 atom stereocenters. The molecule has 3 N–H and O–H groups in total. The Morgan fingerprint density at radius 1 is 0.884 bits per heavy atom. The third kappa shape index (κ3) is 7.21. The van der Waals surface area contributed by atoms with Crippen molar-refractivity contribution in [2.24, 2.45) is 11.8 Å². The number of rotatable bonds is 11. The molecule has 0 saturated carbocycles. The minimum absolute atomic E-state index is 0.184. The number of esters is 1. The first-order valence-electron chi connectivity index (χ1n) is 14.3. The highest BCUT2D eigenvalue weighted by Crippen LogP contribution is 2.50. The van der Waals surface area contributed by atoms with E-state index in [1.807, 2.05) is 33.8 Å². The summed E-state index contributed by atoms with van der Waals surface area (Å²) in [5.74, 6) is -0.317. The van der Waals surface area contributed by atoms with Crippen molar-refractivity contribution in [2.45, 2.75) is 65.6 Å². The van der Waals surface area contributed by atoms with Crippen LogP contribution in [-0.4, -0.2) is 58.3 Å². The molecule has 11 heteroatoms. The standard InChI is InChI=1S/C32H43N3O8/c1-16(2)27(31(38)35-28(17(3)4)32(39)43-9)34-23-13-11-20-21(15-24(23)37)22(33-18(5)36)12-10-19-14-25(40-6)29(41-7)30(42-8)26(19)20/h11,13-17,22,27-28H,10,12H2,1-9H3,(H,33,36)(H,34,37)(H,35,38)/t22-,27-,28-/m0/s1. The molecular formula is C32H43N3O8. The number of benzene rings is 1. The third-order valence-electron chi connectivity index (χ3n) is 7.60. The Morgan fingerprint density at radius 3 is 2.07 bits per heavy atom. The first-order chi connectivity index (χ1) is 20.4. The second kappa shape index (κ2) is 14.3. The van der Waals surface area contributed by atoms with Crippen molar-refractivity contribution >= 4 is 23.5 Å². The van der Waals surface area contributed by atoms with Gasteiger partial charge < -0.3 is 34.9 Å². The van der Waals surface area contributed by atoms with Gasteiger partial charge in [0, 0.05) is 12.5 Å². The number of carbonyl (C=O) groups excluding carboxylic acids is 3. The van der Waals surface area contributed by atoms with Crippen LogP contribution in [-0.2, 0) is 25.5 Å². The van der Waals surface area contributed by atoms with Gasteiger partial charge in [0.25, 0.3) is 0 Å². The van der Waals surface area contributed by atoms with E-state index in [-0.39, 0.29) is 28.9 Å². The van der Waals surface area contributed by atoms with Gasteiger partial charge in [0.05, 0.1) is 40.2 Å². The van der Waals surface area contributed by atoms with E-state index < -0.39 is 30.0 Å². The number of aryl methyl sites for hydroxylation is 1. The van der Waals surface area contributed by atoms with Crippen molar-refractivity contribution in [3.63, 3.8) is 0 Å². The number of fused-ring (bicyclic) bond motifs is 3. The fourth-order valence-corrected chi connectivity index (χ4v) is 5.40. The van der Waals surface area contributed by atoms with Gasteiger partial charge in [-0.2, -0.15) is 0 Å². The van der Waals surface area contributed by atoms with E-state index in [1.54, 1.807) is 19.2 Å². The van der Waals surface area contributed by atoms with Crippen LogP contribution < -0.4 is 35.6 Å². The summed E-state index contributed by atoms with van der Waals surface area (Å²) < 4.78 is 21.9. The van der Waals surface area contributed by atoms with Gasteiger partial charge in [0.1, 0.15) is 12.1 Å². The lowest BCUT2D eigenvalue weighted by molar-refractivity contribution is -0.146. The van der Waals surface area contributed by atoms with Crippen molar-refractivity contribution in [3.05, 3.63) is 45.6 Å². The maximum absolute atomic E-state index is 13.7. The lowest BCUT2D eigenvalue weighted by Gasteiger charge is -2.26. The van der Waals surface area contributed by atoms with Gasteiger partial charge in [-0.1, -0.05) is 33.8 Å². The van der Waals surface area contributed by atoms with Crippen LogP contribution in [0.1, 0.15) is 58.2 Å². The Bertz CT molecular complexity index is 1420. The molecule has 1 aliphatic rings. The lowest BCUT2D eigenvalue weighted by Crippen LogP contribution is -2.52. The SMILES string of the molecule is COC(=O)[C@@H](NC(=O)[C@@H](Nc1ccc2c(cc1=O)[C@@H](NC(C)=O)CCc1cc(OC)c(OC)c(OC)c1-2)C(C)C)C(C)C. The molecule has 0 aliphatic heterocycles. The molecule has 0 saturated heterocycles. The second-order valence-corrected chi connectivity index (χ2v) is 11.2. The Balaban J connectivity index is 2.20. The monoisotopic (exact) mass is 597 g/mol. The molecule has 11 nitrogen and oxygen atoms in total. The first-order valence-corrected chi connectivity index (χ1v) is 14.3. The zero-order chi connectivity index (χ0) is 32.0. The molecule has 3 rings (SSSR count). The van der Waals surface area contributed by atoms with Crippen LogP contribution in [0.3, 0.4) is 0 Å².